The van der Waals surface area contributed by atoms with Gasteiger partial charge in [0.2, 0.25) is 0 Å². The molecule has 1 heterocycles. The van der Waals surface area contributed by atoms with Crippen LogP contribution in [0.15, 0.2) is 16.6 Å². The molecule has 4 heteroatoms. The van der Waals surface area contributed by atoms with Crippen LogP contribution < -0.4 is 0 Å². The number of fused-ring (bicyclic) bond motifs is 1. The fourth-order valence-electron chi connectivity index (χ4n) is 1.15. The lowest BCUT2D eigenvalue weighted by Gasteiger charge is -1.93. The molecule has 1 aromatic heterocycles. The quantitative estimate of drug-likeness (QED) is 0.765. The molecule has 0 aliphatic rings. The second-order valence-electron chi connectivity index (χ2n) is 2.61. The number of aromatic nitrogens is 2. The SMILES string of the molecule is CC.Cc1[nH]nc2c(F)c(Br)ccc12. The van der Waals surface area contributed by atoms with Gasteiger partial charge in [-0.1, -0.05) is 13.8 Å². The molecule has 0 saturated carbocycles. The average molecular weight is 259 g/mol. The number of halogens is 2. The van der Waals surface area contributed by atoms with E-state index in [0.29, 0.717) is 9.99 Å². The van der Waals surface area contributed by atoms with Gasteiger partial charge in [-0.3, -0.25) is 5.10 Å². The third-order valence-electron chi connectivity index (χ3n) is 1.81. The van der Waals surface area contributed by atoms with Crippen LogP contribution in [0.5, 0.6) is 0 Å². The number of rotatable bonds is 0. The average Bonchev–Trinajstić information content (AvgIpc) is 2.58. The first-order chi connectivity index (χ1) is 6.70. The van der Waals surface area contributed by atoms with Gasteiger partial charge in [-0.15, -0.1) is 0 Å². The molecule has 0 unspecified atom stereocenters. The first kappa shape index (κ1) is 11.2. The van der Waals surface area contributed by atoms with Crippen molar-refractivity contribution in [3.05, 3.63) is 28.1 Å². The molecule has 0 amide bonds. The molecule has 0 bridgehead atoms. The van der Waals surface area contributed by atoms with Crippen LogP contribution in [0.3, 0.4) is 0 Å². The molecule has 14 heavy (non-hydrogen) atoms. The summed E-state index contributed by atoms with van der Waals surface area (Å²) < 4.78 is 13.7. The van der Waals surface area contributed by atoms with E-state index in [1.54, 1.807) is 6.07 Å². The smallest absolute Gasteiger partial charge is 0.165 e. The Hall–Kier alpha value is -0.900. The molecule has 1 N–H and O–H groups in total. The molecule has 0 spiro atoms. The summed E-state index contributed by atoms with van der Waals surface area (Å²) in [5.74, 6) is -0.308. The van der Waals surface area contributed by atoms with Gasteiger partial charge in [-0.25, -0.2) is 4.39 Å². The van der Waals surface area contributed by atoms with E-state index in [0.717, 1.165) is 11.1 Å². The van der Waals surface area contributed by atoms with Crippen molar-refractivity contribution in [3.8, 4) is 0 Å². The number of aromatic amines is 1. The van der Waals surface area contributed by atoms with Crippen molar-refractivity contribution in [2.75, 3.05) is 0 Å². The number of aryl methyl sites for hydroxylation is 1. The summed E-state index contributed by atoms with van der Waals surface area (Å²) in [6, 6.07) is 3.52. The van der Waals surface area contributed by atoms with Crippen LogP contribution in [0.2, 0.25) is 0 Å². The number of hydrogen-bond acceptors (Lipinski definition) is 1. The zero-order valence-corrected chi connectivity index (χ0v) is 9.94. The highest BCUT2D eigenvalue weighted by atomic mass is 79.9. The monoisotopic (exact) mass is 258 g/mol. The van der Waals surface area contributed by atoms with Crippen molar-refractivity contribution in [2.45, 2.75) is 20.8 Å². The molecule has 0 fully saturated rings. The van der Waals surface area contributed by atoms with Crippen molar-refractivity contribution in [3.63, 3.8) is 0 Å². The highest BCUT2D eigenvalue weighted by Gasteiger charge is 2.08. The van der Waals surface area contributed by atoms with Crippen LogP contribution in [0, 0.1) is 12.7 Å². The van der Waals surface area contributed by atoms with E-state index in [9.17, 15) is 4.39 Å². The molecule has 76 valence electrons. The van der Waals surface area contributed by atoms with Crippen LogP contribution in [0.1, 0.15) is 19.5 Å². The normalized spacial score (nSPS) is 9.79. The van der Waals surface area contributed by atoms with Gasteiger partial charge in [0.15, 0.2) is 5.82 Å². The Bertz CT molecular complexity index is 437. The minimum absolute atomic E-state index is 0.308. The number of benzene rings is 1. The summed E-state index contributed by atoms with van der Waals surface area (Å²) in [7, 11) is 0. The molecule has 0 atom stereocenters. The second-order valence-corrected chi connectivity index (χ2v) is 3.46. The lowest BCUT2D eigenvalue weighted by Crippen LogP contribution is -1.79. The Morgan fingerprint density at radius 1 is 1.36 bits per heavy atom. The lowest BCUT2D eigenvalue weighted by molar-refractivity contribution is 0.630. The minimum Gasteiger partial charge on any atom is -0.282 e. The van der Waals surface area contributed by atoms with Gasteiger partial charge >= 0.3 is 0 Å². The fraction of sp³-hybridized carbons (Fsp3) is 0.300. The van der Waals surface area contributed by atoms with E-state index < -0.39 is 0 Å². The summed E-state index contributed by atoms with van der Waals surface area (Å²) in [6.07, 6.45) is 0. The standard InChI is InChI=1S/C8H6BrFN2.C2H6/c1-4-5-2-3-6(9)7(10)8(5)12-11-4;1-2/h2-3H,1H3,(H,11,12);1-2H3. The van der Waals surface area contributed by atoms with E-state index in [1.165, 1.54) is 0 Å². The van der Waals surface area contributed by atoms with Gasteiger partial charge in [0.1, 0.15) is 5.52 Å². The number of nitrogens with one attached hydrogen (secondary N) is 1. The Balaban J connectivity index is 0.000000461. The largest absolute Gasteiger partial charge is 0.282 e. The predicted octanol–water partition coefficient (Wildman–Crippen LogP) is 3.80. The van der Waals surface area contributed by atoms with Gasteiger partial charge in [-0.05, 0) is 35.0 Å². The third kappa shape index (κ3) is 1.80. The molecular weight excluding hydrogens is 247 g/mol. The van der Waals surface area contributed by atoms with E-state index in [-0.39, 0.29) is 5.82 Å². The van der Waals surface area contributed by atoms with E-state index in [4.69, 9.17) is 0 Å². The number of nitrogens with zero attached hydrogens (tertiary/aromatic N) is 1. The van der Waals surface area contributed by atoms with Crippen LogP contribution >= 0.6 is 15.9 Å². The summed E-state index contributed by atoms with van der Waals surface area (Å²) in [4.78, 5) is 0. The maximum Gasteiger partial charge on any atom is 0.165 e. The van der Waals surface area contributed by atoms with E-state index in [2.05, 4.69) is 26.1 Å². The number of H-pyrrole nitrogens is 1. The van der Waals surface area contributed by atoms with Crippen molar-refractivity contribution in [1.82, 2.24) is 10.2 Å². The lowest BCUT2D eigenvalue weighted by atomic mass is 10.2. The summed E-state index contributed by atoms with van der Waals surface area (Å²) in [5, 5.41) is 7.41. The maximum absolute atomic E-state index is 13.3. The van der Waals surface area contributed by atoms with Gasteiger partial charge in [0.05, 0.1) is 4.47 Å². The summed E-state index contributed by atoms with van der Waals surface area (Å²) >= 11 is 3.10. The zero-order chi connectivity index (χ0) is 10.7. The van der Waals surface area contributed by atoms with E-state index >= 15 is 0 Å². The van der Waals surface area contributed by atoms with Crippen molar-refractivity contribution in [2.24, 2.45) is 0 Å². The van der Waals surface area contributed by atoms with E-state index in [1.807, 2.05) is 26.8 Å². The zero-order valence-electron chi connectivity index (χ0n) is 8.36. The van der Waals surface area contributed by atoms with Gasteiger partial charge in [0.25, 0.3) is 0 Å². The highest BCUT2D eigenvalue weighted by molar-refractivity contribution is 9.10. The molecule has 2 rings (SSSR count). The molecule has 0 saturated heterocycles. The second kappa shape index (κ2) is 4.55. The maximum atomic E-state index is 13.3. The fourth-order valence-corrected chi connectivity index (χ4v) is 1.47. The highest BCUT2D eigenvalue weighted by Crippen LogP contribution is 2.24. The van der Waals surface area contributed by atoms with Crippen LogP contribution in [-0.2, 0) is 0 Å². The molecule has 2 aromatic rings. The number of hydrogen-bond donors (Lipinski definition) is 1. The molecule has 2 nitrogen and oxygen atoms in total. The first-order valence-electron chi connectivity index (χ1n) is 4.49. The van der Waals surface area contributed by atoms with Gasteiger partial charge in [-0.2, -0.15) is 5.10 Å². The van der Waals surface area contributed by atoms with Gasteiger partial charge < -0.3 is 0 Å². The summed E-state index contributed by atoms with van der Waals surface area (Å²) in [6.45, 7) is 5.86. The van der Waals surface area contributed by atoms with Crippen LogP contribution in [-0.4, -0.2) is 10.2 Å². The minimum atomic E-state index is -0.308. The topological polar surface area (TPSA) is 28.7 Å². The van der Waals surface area contributed by atoms with Crippen molar-refractivity contribution < 1.29 is 4.39 Å². The first-order valence-corrected chi connectivity index (χ1v) is 5.28. The van der Waals surface area contributed by atoms with Crippen molar-refractivity contribution >= 4 is 26.8 Å². The third-order valence-corrected chi connectivity index (χ3v) is 2.42. The Kier molecular flexibility index (Phi) is 3.63. The predicted molar refractivity (Wildman–Crippen MR) is 59.8 cm³/mol. The molecule has 0 aliphatic carbocycles. The Morgan fingerprint density at radius 3 is 2.64 bits per heavy atom. The Labute approximate surface area is 90.6 Å². The van der Waals surface area contributed by atoms with Crippen molar-refractivity contribution in [1.29, 1.82) is 0 Å². The van der Waals surface area contributed by atoms with Gasteiger partial charge in [0, 0.05) is 11.1 Å². The Morgan fingerprint density at radius 2 is 2.00 bits per heavy atom. The van der Waals surface area contributed by atoms with Crippen LogP contribution in [0.4, 0.5) is 4.39 Å². The molecule has 0 aliphatic heterocycles. The molecule has 1 aromatic carbocycles. The molecule has 0 radical (unpaired) electrons. The molecular formula is C10H12BrFN2. The summed E-state index contributed by atoms with van der Waals surface area (Å²) in [5.41, 5.74) is 1.28. The van der Waals surface area contributed by atoms with Crippen LogP contribution in [0.25, 0.3) is 10.9 Å².